The van der Waals surface area contributed by atoms with Crippen LogP contribution in [0, 0.1) is 5.82 Å². The van der Waals surface area contributed by atoms with Gasteiger partial charge in [0.15, 0.2) is 0 Å². The normalized spacial score (nSPS) is 15.4. The molecule has 0 atom stereocenters. The van der Waals surface area contributed by atoms with Crippen molar-refractivity contribution in [1.82, 2.24) is 29.9 Å². The summed E-state index contributed by atoms with van der Waals surface area (Å²) in [6.45, 7) is 6.28. The minimum Gasteiger partial charge on any atom is -0.353 e. The molecule has 8 heteroatoms. The van der Waals surface area contributed by atoms with Gasteiger partial charge in [-0.25, -0.2) is 4.39 Å². The van der Waals surface area contributed by atoms with Crippen molar-refractivity contribution in [3.63, 3.8) is 0 Å². The molecule has 0 saturated carbocycles. The highest BCUT2D eigenvalue weighted by Gasteiger charge is 2.19. The molecule has 1 aliphatic heterocycles. The van der Waals surface area contributed by atoms with Gasteiger partial charge in [0.1, 0.15) is 11.5 Å². The molecule has 0 radical (unpaired) electrons. The van der Waals surface area contributed by atoms with Crippen LogP contribution in [0.25, 0.3) is 27.7 Å². The maximum absolute atomic E-state index is 13.4. The van der Waals surface area contributed by atoms with Gasteiger partial charge in [-0.3, -0.25) is 14.8 Å². The predicted octanol–water partition coefficient (Wildman–Crippen LogP) is 4.31. The Morgan fingerprint density at radius 2 is 2.00 bits per heavy atom. The molecule has 0 bridgehead atoms. The van der Waals surface area contributed by atoms with Crippen LogP contribution in [0.5, 0.6) is 0 Å². The van der Waals surface area contributed by atoms with E-state index in [2.05, 4.69) is 67.1 Å². The average molecular weight is 417 g/mol. The van der Waals surface area contributed by atoms with Crippen molar-refractivity contribution >= 4 is 22.3 Å². The van der Waals surface area contributed by atoms with E-state index in [4.69, 9.17) is 0 Å². The van der Waals surface area contributed by atoms with Gasteiger partial charge < -0.3 is 10.2 Å². The van der Waals surface area contributed by atoms with Crippen molar-refractivity contribution in [3.05, 3.63) is 67.1 Å². The number of nitrogens with one attached hydrogen (secondary N) is 2. The molecule has 1 aromatic carbocycles. The maximum Gasteiger partial charge on any atom is 0.143 e. The van der Waals surface area contributed by atoms with Crippen LogP contribution in [-0.2, 0) is 0 Å². The molecule has 1 saturated heterocycles. The highest BCUT2D eigenvalue weighted by Crippen LogP contribution is 2.30. The Hall–Kier alpha value is -3.52. The lowest BCUT2D eigenvalue weighted by Gasteiger charge is -2.28. The number of aromatic nitrogens is 5. The zero-order valence-corrected chi connectivity index (χ0v) is 17.3. The van der Waals surface area contributed by atoms with Crippen LogP contribution in [0.2, 0.25) is 0 Å². The first-order chi connectivity index (χ1) is 15.1. The summed E-state index contributed by atoms with van der Waals surface area (Å²) in [6.07, 6.45) is 8.99. The van der Waals surface area contributed by atoms with E-state index in [-0.39, 0.29) is 0 Å². The second-order valence-corrected chi connectivity index (χ2v) is 8.07. The Morgan fingerprint density at radius 3 is 2.81 bits per heavy atom. The second-order valence-electron chi connectivity index (χ2n) is 8.07. The highest BCUT2D eigenvalue weighted by atomic mass is 19.1. The molecule has 0 unspecified atom stereocenters. The zero-order chi connectivity index (χ0) is 21.4. The van der Waals surface area contributed by atoms with Gasteiger partial charge in [-0.2, -0.15) is 10.2 Å². The minimum atomic E-state index is -0.409. The van der Waals surface area contributed by atoms with Crippen molar-refractivity contribution in [2.24, 2.45) is 0 Å². The molecule has 0 spiro atoms. The van der Waals surface area contributed by atoms with Crippen molar-refractivity contribution in [2.45, 2.75) is 18.9 Å². The van der Waals surface area contributed by atoms with Crippen LogP contribution in [0.15, 0.2) is 55.6 Å². The number of pyridine rings is 1. The lowest BCUT2D eigenvalue weighted by atomic mass is 10.0. The van der Waals surface area contributed by atoms with Crippen molar-refractivity contribution < 1.29 is 4.39 Å². The van der Waals surface area contributed by atoms with Gasteiger partial charge in [-0.15, -0.1) is 0 Å². The maximum atomic E-state index is 13.4. The van der Waals surface area contributed by atoms with E-state index in [0.29, 0.717) is 23.1 Å². The van der Waals surface area contributed by atoms with Crippen LogP contribution in [0.4, 0.5) is 10.1 Å². The van der Waals surface area contributed by atoms with E-state index in [1.807, 2.05) is 12.3 Å². The first kappa shape index (κ1) is 19.4. The highest BCUT2D eigenvalue weighted by molar-refractivity contribution is 5.94. The fourth-order valence-electron chi connectivity index (χ4n) is 4.08. The van der Waals surface area contributed by atoms with Gasteiger partial charge in [0, 0.05) is 23.2 Å². The SMILES string of the molecule is C=C(Nc1cncc(F)c1)c1n[nH]c2ccc(-c3cnn(C4CCN(C)CC4)c3)cc12. The molecule has 7 nitrogen and oxygen atoms in total. The summed E-state index contributed by atoms with van der Waals surface area (Å²) in [5.41, 5.74) is 4.82. The number of halogens is 1. The van der Waals surface area contributed by atoms with E-state index < -0.39 is 5.82 Å². The lowest BCUT2D eigenvalue weighted by molar-refractivity contribution is 0.212. The number of likely N-dealkylation sites (tertiary alicyclic amines) is 1. The number of hydrogen-bond acceptors (Lipinski definition) is 5. The number of hydrogen-bond donors (Lipinski definition) is 2. The van der Waals surface area contributed by atoms with Gasteiger partial charge >= 0.3 is 0 Å². The van der Waals surface area contributed by atoms with E-state index in [1.165, 1.54) is 6.07 Å². The third-order valence-electron chi connectivity index (χ3n) is 5.85. The standard InChI is InChI=1S/C23H24FN7/c1-15(27-19-10-18(24)12-25-13-19)23-21-9-16(3-4-22(21)28-29-23)17-11-26-31(14-17)20-5-7-30(2)8-6-20/h3-4,9-14,20,27H,1,5-8H2,2H3,(H,28,29). The van der Waals surface area contributed by atoms with Crippen molar-refractivity contribution in [2.75, 3.05) is 25.5 Å². The molecule has 1 aliphatic rings. The van der Waals surface area contributed by atoms with Gasteiger partial charge in [0.2, 0.25) is 0 Å². The Balaban J connectivity index is 1.41. The van der Waals surface area contributed by atoms with Gasteiger partial charge in [0.25, 0.3) is 0 Å². The third-order valence-corrected chi connectivity index (χ3v) is 5.85. The Morgan fingerprint density at radius 1 is 1.16 bits per heavy atom. The summed E-state index contributed by atoms with van der Waals surface area (Å²) < 4.78 is 15.5. The minimum absolute atomic E-state index is 0.409. The first-order valence-electron chi connectivity index (χ1n) is 10.3. The summed E-state index contributed by atoms with van der Waals surface area (Å²) in [4.78, 5) is 6.22. The fourth-order valence-corrected chi connectivity index (χ4v) is 4.08. The van der Waals surface area contributed by atoms with Gasteiger partial charge in [-0.05, 0) is 50.7 Å². The fraction of sp³-hybridized carbons (Fsp3) is 0.261. The lowest BCUT2D eigenvalue weighted by Crippen LogP contribution is -2.31. The van der Waals surface area contributed by atoms with Crippen LogP contribution in [0.3, 0.4) is 0 Å². The summed E-state index contributed by atoms with van der Waals surface area (Å²) in [6, 6.07) is 7.97. The van der Waals surface area contributed by atoms with Gasteiger partial charge in [0.05, 0.1) is 41.5 Å². The van der Waals surface area contributed by atoms with Crippen LogP contribution in [-0.4, -0.2) is 50.0 Å². The number of piperidine rings is 1. The summed E-state index contributed by atoms with van der Waals surface area (Å²) in [5.74, 6) is -0.409. The van der Waals surface area contributed by atoms with E-state index in [9.17, 15) is 4.39 Å². The van der Waals surface area contributed by atoms with Crippen molar-refractivity contribution in [1.29, 1.82) is 0 Å². The number of rotatable bonds is 5. The van der Waals surface area contributed by atoms with Crippen LogP contribution < -0.4 is 5.32 Å². The molecule has 0 amide bonds. The molecule has 1 fully saturated rings. The quantitative estimate of drug-likeness (QED) is 0.506. The van der Waals surface area contributed by atoms with E-state index in [1.54, 1.807) is 6.20 Å². The van der Waals surface area contributed by atoms with Gasteiger partial charge in [-0.1, -0.05) is 12.6 Å². The monoisotopic (exact) mass is 417 g/mol. The topological polar surface area (TPSA) is 74.7 Å². The Labute approximate surface area is 179 Å². The molecule has 31 heavy (non-hydrogen) atoms. The molecule has 4 heterocycles. The molecular weight excluding hydrogens is 393 g/mol. The first-order valence-corrected chi connectivity index (χ1v) is 10.3. The summed E-state index contributed by atoms with van der Waals surface area (Å²) >= 11 is 0. The number of H-pyrrole nitrogens is 1. The Bertz CT molecular complexity index is 1230. The predicted molar refractivity (Wildman–Crippen MR) is 120 cm³/mol. The molecule has 4 aromatic rings. The van der Waals surface area contributed by atoms with Crippen LogP contribution >= 0.6 is 0 Å². The smallest absolute Gasteiger partial charge is 0.143 e. The molecule has 3 aromatic heterocycles. The largest absolute Gasteiger partial charge is 0.353 e. The van der Waals surface area contributed by atoms with Crippen molar-refractivity contribution in [3.8, 4) is 11.1 Å². The van der Waals surface area contributed by atoms with Crippen LogP contribution in [0.1, 0.15) is 24.6 Å². The molecule has 0 aliphatic carbocycles. The Kier molecular flexibility index (Phi) is 4.99. The summed E-state index contributed by atoms with van der Waals surface area (Å²) in [5, 5.41) is 16.1. The number of nitrogens with zero attached hydrogens (tertiary/aromatic N) is 5. The number of aromatic amines is 1. The second kappa shape index (κ2) is 7.96. The molecule has 5 rings (SSSR count). The molecular formula is C23H24FN7. The number of anilines is 1. The zero-order valence-electron chi connectivity index (χ0n) is 17.3. The number of benzene rings is 1. The van der Waals surface area contributed by atoms with E-state index in [0.717, 1.165) is 54.2 Å². The van der Waals surface area contributed by atoms with E-state index >= 15 is 0 Å². The molecule has 2 N–H and O–H groups in total. The molecule has 158 valence electrons. The third kappa shape index (κ3) is 3.94. The number of fused-ring (bicyclic) bond motifs is 1. The summed E-state index contributed by atoms with van der Waals surface area (Å²) in [7, 11) is 2.16. The average Bonchev–Trinajstić information content (AvgIpc) is 3.41.